The molecule has 3 aliphatic rings. The molecule has 3 unspecified atom stereocenters. The van der Waals surface area contributed by atoms with Crippen molar-refractivity contribution in [2.75, 3.05) is 52.4 Å². The Balaban J connectivity index is 0.00000225. The van der Waals surface area contributed by atoms with Crippen molar-refractivity contribution >= 4 is 29.9 Å². The molecular formula is C18H36IN5O. The zero-order valence-corrected chi connectivity index (χ0v) is 18.2. The van der Waals surface area contributed by atoms with Gasteiger partial charge in [0.2, 0.25) is 0 Å². The number of hydrogen-bond donors (Lipinski definition) is 2. The lowest BCUT2D eigenvalue weighted by atomic mass is 10.2. The van der Waals surface area contributed by atoms with Crippen LogP contribution in [0, 0.1) is 0 Å². The van der Waals surface area contributed by atoms with Crippen LogP contribution in [-0.4, -0.2) is 86.4 Å². The number of rotatable bonds is 6. The van der Waals surface area contributed by atoms with Crippen LogP contribution in [0.15, 0.2) is 4.99 Å². The van der Waals surface area contributed by atoms with Gasteiger partial charge in [0.25, 0.3) is 0 Å². The standard InChI is InChI=1S/C18H35N5O.HI/c1-3-19-18(20-11-15-7-5-9-22(15)4-2)21-12-17-13-23-10-6-8-16(23)14-24-17;/h15-17H,3-14H2,1-2H3,(H2,19,20,21);1H. The first-order valence-corrected chi connectivity index (χ1v) is 9.92. The highest BCUT2D eigenvalue weighted by molar-refractivity contribution is 14.0. The summed E-state index contributed by atoms with van der Waals surface area (Å²) in [5.41, 5.74) is 0. The van der Waals surface area contributed by atoms with E-state index in [4.69, 9.17) is 9.73 Å². The first-order valence-electron chi connectivity index (χ1n) is 9.92. The van der Waals surface area contributed by atoms with Gasteiger partial charge < -0.3 is 15.4 Å². The molecule has 2 N–H and O–H groups in total. The topological polar surface area (TPSA) is 52.1 Å². The molecule has 0 spiro atoms. The molecule has 3 atom stereocenters. The molecule has 0 amide bonds. The average Bonchev–Trinajstić information content (AvgIpc) is 3.25. The van der Waals surface area contributed by atoms with Gasteiger partial charge in [-0.15, -0.1) is 24.0 Å². The van der Waals surface area contributed by atoms with Gasteiger partial charge >= 0.3 is 0 Å². The minimum Gasteiger partial charge on any atom is -0.373 e. The zero-order valence-electron chi connectivity index (χ0n) is 15.9. The molecule has 0 bridgehead atoms. The SMILES string of the molecule is CCNC(=NCC1CCCN1CC)NCC1CN2CCCC2CO1.I. The van der Waals surface area contributed by atoms with Crippen LogP contribution in [0.1, 0.15) is 39.5 Å². The molecule has 0 aliphatic carbocycles. The summed E-state index contributed by atoms with van der Waals surface area (Å²) in [7, 11) is 0. The van der Waals surface area contributed by atoms with Crippen molar-refractivity contribution in [3.05, 3.63) is 0 Å². The predicted octanol–water partition coefficient (Wildman–Crippen LogP) is 1.51. The second-order valence-electron chi connectivity index (χ2n) is 7.27. The lowest BCUT2D eigenvalue weighted by molar-refractivity contribution is -0.0453. The van der Waals surface area contributed by atoms with Crippen molar-refractivity contribution < 1.29 is 4.74 Å². The van der Waals surface area contributed by atoms with E-state index in [2.05, 4.69) is 34.3 Å². The predicted molar refractivity (Wildman–Crippen MR) is 114 cm³/mol. The summed E-state index contributed by atoms with van der Waals surface area (Å²) in [5.74, 6) is 0.938. The molecule has 0 aromatic heterocycles. The summed E-state index contributed by atoms with van der Waals surface area (Å²) in [5, 5.41) is 6.87. The molecule has 3 heterocycles. The minimum absolute atomic E-state index is 0. The molecule has 3 aliphatic heterocycles. The highest BCUT2D eigenvalue weighted by Gasteiger charge is 2.32. The van der Waals surface area contributed by atoms with E-state index in [0.717, 1.165) is 45.3 Å². The molecule has 0 aromatic carbocycles. The van der Waals surface area contributed by atoms with Gasteiger partial charge in [0.15, 0.2) is 5.96 Å². The Morgan fingerprint density at radius 1 is 1.16 bits per heavy atom. The maximum absolute atomic E-state index is 6.04. The van der Waals surface area contributed by atoms with Gasteiger partial charge in [-0.3, -0.25) is 14.8 Å². The lowest BCUT2D eigenvalue weighted by Gasteiger charge is -2.35. The average molecular weight is 465 g/mol. The highest BCUT2D eigenvalue weighted by atomic mass is 127. The molecule has 3 fully saturated rings. The first kappa shape index (κ1) is 21.2. The summed E-state index contributed by atoms with van der Waals surface area (Å²) < 4.78 is 6.04. The Hall–Kier alpha value is -0.120. The van der Waals surface area contributed by atoms with E-state index in [-0.39, 0.29) is 30.1 Å². The quantitative estimate of drug-likeness (QED) is 0.354. The molecule has 3 rings (SSSR count). The third-order valence-electron chi connectivity index (χ3n) is 5.67. The largest absolute Gasteiger partial charge is 0.373 e. The summed E-state index contributed by atoms with van der Waals surface area (Å²) >= 11 is 0. The Morgan fingerprint density at radius 2 is 2.00 bits per heavy atom. The number of ether oxygens (including phenoxy) is 1. The van der Waals surface area contributed by atoms with E-state index in [1.54, 1.807) is 0 Å². The fourth-order valence-electron chi connectivity index (χ4n) is 4.28. The fraction of sp³-hybridized carbons (Fsp3) is 0.944. The zero-order chi connectivity index (χ0) is 16.8. The summed E-state index contributed by atoms with van der Waals surface area (Å²) in [4.78, 5) is 9.97. The normalized spacial score (nSPS) is 30.8. The van der Waals surface area contributed by atoms with E-state index in [0.29, 0.717) is 12.1 Å². The van der Waals surface area contributed by atoms with E-state index in [1.165, 1.54) is 38.8 Å². The highest BCUT2D eigenvalue weighted by Crippen LogP contribution is 2.22. The Kier molecular flexibility index (Phi) is 9.23. The van der Waals surface area contributed by atoms with Crippen LogP contribution < -0.4 is 10.6 Å². The Bertz CT molecular complexity index is 422. The molecule has 6 nitrogen and oxygen atoms in total. The van der Waals surface area contributed by atoms with Gasteiger partial charge in [-0.25, -0.2) is 0 Å². The van der Waals surface area contributed by atoms with Gasteiger partial charge in [0.05, 0.1) is 19.3 Å². The van der Waals surface area contributed by atoms with Crippen LogP contribution in [0.25, 0.3) is 0 Å². The number of hydrogen-bond acceptors (Lipinski definition) is 4. The molecule has 3 saturated heterocycles. The van der Waals surface area contributed by atoms with Crippen LogP contribution in [0.5, 0.6) is 0 Å². The van der Waals surface area contributed by atoms with Crippen LogP contribution in [-0.2, 0) is 4.74 Å². The molecule has 146 valence electrons. The summed E-state index contributed by atoms with van der Waals surface area (Å²) in [6.45, 7) is 12.6. The van der Waals surface area contributed by atoms with Gasteiger partial charge in [-0.05, 0) is 52.2 Å². The Morgan fingerprint density at radius 3 is 2.80 bits per heavy atom. The molecular weight excluding hydrogens is 429 g/mol. The van der Waals surface area contributed by atoms with Crippen molar-refractivity contribution in [1.29, 1.82) is 0 Å². The minimum atomic E-state index is 0. The number of likely N-dealkylation sites (tertiary alicyclic amines) is 1. The number of nitrogens with one attached hydrogen (secondary N) is 2. The number of guanidine groups is 1. The maximum atomic E-state index is 6.04. The van der Waals surface area contributed by atoms with Crippen molar-refractivity contribution in [3.63, 3.8) is 0 Å². The van der Waals surface area contributed by atoms with E-state index in [9.17, 15) is 0 Å². The third-order valence-corrected chi connectivity index (χ3v) is 5.67. The van der Waals surface area contributed by atoms with Crippen LogP contribution in [0.3, 0.4) is 0 Å². The molecule has 0 aromatic rings. The van der Waals surface area contributed by atoms with Gasteiger partial charge in [-0.1, -0.05) is 6.92 Å². The third kappa shape index (κ3) is 5.94. The molecule has 0 radical (unpaired) electrons. The number of halogens is 1. The molecule has 0 saturated carbocycles. The van der Waals surface area contributed by atoms with Crippen LogP contribution in [0.2, 0.25) is 0 Å². The first-order chi connectivity index (χ1) is 11.8. The maximum Gasteiger partial charge on any atom is 0.191 e. The van der Waals surface area contributed by atoms with Gasteiger partial charge in [-0.2, -0.15) is 0 Å². The number of aliphatic imine (C=N–C) groups is 1. The van der Waals surface area contributed by atoms with Crippen LogP contribution in [0.4, 0.5) is 0 Å². The number of nitrogens with zero attached hydrogens (tertiary/aromatic N) is 3. The number of morpholine rings is 1. The monoisotopic (exact) mass is 465 g/mol. The number of fused-ring (bicyclic) bond motifs is 1. The summed E-state index contributed by atoms with van der Waals surface area (Å²) in [6, 6.07) is 1.28. The second kappa shape index (κ2) is 10.9. The van der Waals surface area contributed by atoms with Crippen molar-refractivity contribution in [3.8, 4) is 0 Å². The van der Waals surface area contributed by atoms with Crippen molar-refractivity contribution in [1.82, 2.24) is 20.4 Å². The van der Waals surface area contributed by atoms with E-state index in [1.807, 2.05) is 0 Å². The second-order valence-corrected chi connectivity index (χ2v) is 7.27. The lowest BCUT2D eigenvalue weighted by Crippen LogP contribution is -2.51. The smallest absolute Gasteiger partial charge is 0.191 e. The molecule has 25 heavy (non-hydrogen) atoms. The van der Waals surface area contributed by atoms with Crippen molar-refractivity contribution in [2.45, 2.75) is 57.7 Å². The van der Waals surface area contributed by atoms with Gasteiger partial charge in [0, 0.05) is 31.7 Å². The molecule has 7 heteroatoms. The van der Waals surface area contributed by atoms with Crippen LogP contribution >= 0.6 is 24.0 Å². The summed E-state index contributed by atoms with van der Waals surface area (Å²) in [6.07, 6.45) is 5.50. The van der Waals surface area contributed by atoms with E-state index < -0.39 is 0 Å². The van der Waals surface area contributed by atoms with E-state index >= 15 is 0 Å². The van der Waals surface area contributed by atoms with Gasteiger partial charge in [0.1, 0.15) is 0 Å². The Labute approximate surface area is 170 Å². The van der Waals surface area contributed by atoms with Crippen molar-refractivity contribution in [2.24, 2.45) is 4.99 Å². The number of likely N-dealkylation sites (N-methyl/N-ethyl adjacent to an activating group) is 1. The fourth-order valence-corrected chi connectivity index (χ4v) is 4.28.